The molecule has 2 unspecified atom stereocenters. The van der Waals surface area contributed by atoms with Crippen molar-refractivity contribution in [2.24, 2.45) is 0 Å². The quantitative estimate of drug-likeness (QED) is 0.0342. The van der Waals surface area contributed by atoms with E-state index in [9.17, 15) is 0 Å². The molecule has 7 heteroatoms. The average Bonchev–Trinajstić information content (AvgIpc) is 3.43. The molecule has 0 fully saturated rings. The van der Waals surface area contributed by atoms with Gasteiger partial charge in [0.15, 0.2) is 25.2 Å². The first-order valence-electron chi connectivity index (χ1n) is 34.8. The van der Waals surface area contributed by atoms with Crippen LogP contribution in [0, 0.1) is 0 Å². The van der Waals surface area contributed by atoms with E-state index in [0.717, 1.165) is 104 Å². The minimum atomic E-state index is -0.376. The van der Waals surface area contributed by atoms with Gasteiger partial charge in [-0.3, -0.25) is 0 Å². The monoisotopic (exact) mass is 1090 g/mol. The van der Waals surface area contributed by atoms with Gasteiger partial charge >= 0.3 is 0 Å². The maximum atomic E-state index is 6.64. The van der Waals surface area contributed by atoms with Gasteiger partial charge in [0, 0.05) is 26.4 Å². The maximum absolute atomic E-state index is 6.64. The first kappa shape index (κ1) is 76.2. The highest BCUT2D eigenvalue weighted by Gasteiger charge is 2.15. The highest BCUT2D eigenvalue weighted by Crippen LogP contribution is 2.19. The summed E-state index contributed by atoms with van der Waals surface area (Å²) in [4.78, 5) is 0. The number of ether oxygens (including phenoxy) is 7. The van der Waals surface area contributed by atoms with Gasteiger partial charge in [-0.05, 0) is 102 Å². The molecule has 0 heterocycles. The fourth-order valence-electron chi connectivity index (χ4n) is 10.0. The largest absolute Gasteiger partial charge is 0.353 e. The summed E-state index contributed by atoms with van der Waals surface area (Å²) in [7, 11) is 0. The smallest absolute Gasteiger partial charge is 0.180 e. The predicted molar refractivity (Wildman–Crippen MR) is 335 cm³/mol. The van der Waals surface area contributed by atoms with Crippen molar-refractivity contribution in [3.63, 3.8) is 0 Å². The highest BCUT2D eigenvalue weighted by atomic mass is 16.8. The molecule has 0 rings (SSSR count). The Morgan fingerprint density at radius 2 is 0.429 bits per heavy atom. The van der Waals surface area contributed by atoms with E-state index in [4.69, 9.17) is 33.2 Å². The van der Waals surface area contributed by atoms with E-state index < -0.39 is 0 Å². The van der Waals surface area contributed by atoms with Crippen LogP contribution in [0.2, 0.25) is 0 Å². The van der Waals surface area contributed by atoms with Crippen molar-refractivity contribution in [3.05, 3.63) is 24.3 Å². The summed E-state index contributed by atoms with van der Waals surface area (Å²) in [5.41, 5.74) is 0. The molecule has 0 radical (unpaired) electrons. The first-order valence-corrected chi connectivity index (χ1v) is 34.8. The van der Waals surface area contributed by atoms with Crippen LogP contribution in [-0.2, 0) is 33.2 Å². The number of hydrogen-bond donors (Lipinski definition) is 0. The predicted octanol–water partition coefficient (Wildman–Crippen LogP) is 23.1. The molecule has 460 valence electrons. The second-order valence-electron chi connectivity index (χ2n) is 23.1. The van der Waals surface area contributed by atoms with Gasteiger partial charge in [0.2, 0.25) is 0 Å². The van der Waals surface area contributed by atoms with Gasteiger partial charge in [-0.1, -0.05) is 285 Å². The first-order chi connectivity index (χ1) is 38.1. The lowest BCUT2D eigenvalue weighted by Crippen LogP contribution is -2.25. The number of rotatable bonds is 68. The molecular formula is C70H138O7. The van der Waals surface area contributed by atoms with Crippen LogP contribution >= 0.6 is 0 Å². The van der Waals surface area contributed by atoms with Crippen molar-refractivity contribution in [1.82, 2.24) is 0 Å². The summed E-state index contributed by atoms with van der Waals surface area (Å²) in [5.74, 6) is 0. The van der Waals surface area contributed by atoms with E-state index in [1.807, 2.05) is 0 Å². The molecule has 0 bridgehead atoms. The lowest BCUT2D eigenvalue weighted by Gasteiger charge is -2.22. The molecule has 0 aromatic heterocycles. The summed E-state index contributed by atoms with van der Waals surface area (Å²) >= 11 is 0. The van der Waals surface area contributed by atoms with Crippen LogP contribution in [0.5, 0.6) is 0 Å². The fraction of sp³-hybridized carbons (Fsp3) is 0.943. The zero-order valence-electron chi connectivity index (χ0n) is 53.1. The van der Waals surface area contributed by atoms with E-state index in [0.29, 0.717) is 0 Å². The Hall–Kier alpha value is -0.800. The van der Waals surface area contributed by atoms with Crippen LogP contribution in [-0.4, -0.2) is 64.8 Å². The van der Waals surface area contributed by atoms with Crippen molar-refractivity contribution >= 4 is 0 Å². The zero-order valence-corrected chi connectivity index (χ0v) is 53.1. The van der Waals surface area contributed by atoms with Gasteiger partial charge in [0.25, 0.3) is 0 Å². The van der Waals surface area contributed by atoms with E-state index >= 15 is 0 Å². The Morgan fingerprint density at radius 3 is 0.701 bits per heavy atom. The standard InChI is InChI=1S/C70H138O7/c1-7-13-19-25-45-55-65-75-69(59-49-43-39-35-31-27-29-33-37-41-47-57-67(71-61-51-21-15-9-3)72-62-52-22-16-10-4)77-70(76-66-56-46-26-20-14-8-2)60-50-44-40-36-32-28-30-34-38-42-48-58-68(73-63-53-23-17-11-5)74-64-54-24-18-12-6/h49-50,59-60,67-70H,7-48,51-58,61-66H2,1-6H3. The van der Waals surface area contributed by atoms with Crippen molar-refractivity contribution in [2.45, 2.75) is 388 Å². The SMILES string of the molecule is CCCCCCCCOC(C=CCCCCCCCCCCCC(OCCCCCC)OCCCCCC)OC(C=CCCCCCCCCCCCC(OCCCCCC)OCCCCCC)OCCCCCCCC. The normalized spacial score (nSPS) is 13.0. The third-order valence-electron chi connectivity index (χ3n) is 15.2. The molecule has 7 nitrogen and oxygen atoms in total. The summed E-state index contributed by atoms with van der Waals surface area (Å²) in [6, 6.07) is 0. The molecule has 0 aliphatic heterocycles. The molecular weight excluding hydrogens is 953 g/mol. The Labute approximate surface area is 482 Å². The van der Waals surface area contributed by atoms with Crippen LogP contribution < -0.4 is 0 Å². The Morgan fingerprint density at radius 1 is 0.221 bits per heavy atom. The molecule has 0 aromatic carbocycles. The summed E-state index contributed by atoms with van der Waals surface area (Å²) in [6.07, 6.45) is 71.0. The number of hydrogen-bond acceptors (Lipinski definition) is 7. The molecule has 0 amide bonds. The third kappa shape index (κ3) is 61.1. The lowest BCUT2D eigenvalue weighted by atomic mass is 10.1. The molecule has 77 heavy (non-hydrogen) atoms. The van der Waals surface area contributed by atoms with Crippen LogP contribution in [0.3, 0.4) is 0 Å². The number of allylic oxidation sites excluding steroid dienone is 2. The lowest BCUT2D eigenvalue weighted by molar-refractivity contribution is -0.208. The van der Waals surface area contributed by atoms with Crippen molar-refractivity contribution in [3.8, 4) is 0 Å². The Balaban J connectivity index is 4.85. The van der Waals surface area contributed by atoms with Crippen LogP contribution in [0.15, 0.2) is 24.3 Å². The summed E-state index contributed by atoms with van der Waals surface area (Å²) in [6.45, 7) is 18.5. The molecule has 0 saturated heterocycles. The van der Waals surface area contributed by atoms with E-state index in [1.54, 1.807) is 0 Å². The maximum Gasteiger partial charge on any atom is 0.180 e. The van der Waals surface area contributed by atoms with E-state index in [2.05, 4.69) is 65.8 Å². The summed E-state index contributed by atoms with van der Waals surface area (Å²) < 4.78 is 44.4. The molecule has 2 atom stereocenters. The van der Waals surface area contributed by atoms with E-state index in [1.165, 1.54) is 257 Å². The van der Waals surface area contributed by atoms with Crippen LogP contribution in [0.4, 0.5) is 0 Å². The summed E-state index contributed by atoms with van der Waals surface area (Å²) in [5, 5.41) is 0. The highest BCUT2D eigenvalue weighted by molar-refractivity contribution is 4.90. The van der Waals surface area contributed by atoms with Gasteiger partial charge < -0.3 is 33.2 Å². The van der Waals surface area contributed by atoms with Gasteiger partial charge in [-0.2, -0.15) is 0 Å². The van der Waals surface area contributed by atoms with Crippen LogP contribution in [0.1, 0.15) is 363 Å². The average molecular weight is 1090 g/mol. The van der Waals surface area contributed by atoms with E-state index in [-0.39, 0.29) is 25.2 Å². The molecule has 0 saturated carbocycles. The van der Waals surface area contributed by atoms with Gasteiger partial charge in [-0.25, -0.2) is 0 Å². The zero-order chi connectivity index (χ0) is 55.7. The Kier molecular flexibility index (Phi) is 67.0. The van der Waals surface area contributed by atoms with Gasteiger partial charge in [-0.15, -0.1) is 0 Å². The topological polar surface area (TPSA) is 64.6 Å². The second kappa shape index (κ2) is 67.7. The van der Waals surface area contributed by atoms with Gasteiger partial charge in [0.1, 0.15) is 0 Å². The fourth-order valence-corrected chi connectivity index (χ4v) is 10.0. The Bertz CT molecular complexity index is 1000. The molecule has 0 spiro atoms. The van der Waals surface area contributed by atoms with Crippen molar-refractivity contribution in [2.75, 3.05) is 39.6 Å². The minimum absolute atomic E-state index is 0.00435. The van der Waals surface area contributed by atoms with Gasteiger partial charge in [0.05, 0.1) is 13.2 Å². The van der Waals surface area contributed by atoms with Crippen molar-refractivity contribution in [1.29, 1.82) is 0 Å². The van der Waals surface area contributed by atoms with Crippen molar-refractivity contribution < 1.29 is 33.2 Å². The molecule has 0 aliphatic rings. The van der Waals surface area contributed by atoms with Crippen LogP contribution in [0.25, 0.3) is 0 Å². The third-order valence-corrected chi connectivity index (χ3v) is 15.2. The minimum Gasteiger partial charge on any atom is -0.353 e. The number of unbranched alkanes of at least 4 members (excludes halogenated alkanes) is 40. The molecule has 0 aromatic rings. The molecule has 0 N–H and O–H groups in total. The molecule has 0 aliphatic carbocycles. The second-order valence-corrected chi connectivity index (χ2v) is 23.1.